The highest BCUT2D eigenvalue weighted by Crippen LogP contribution is 2.48. The summed E-state index contributed by atoms with van der Waals surface area (Å²) in [5.41, 5.74) is 15.4. The minimum atomic E-state index is 0.331. The van der Waals surface area contributed by atoms with Crippen LogP contribution < -0.4 is 0 Å². The molecule has 10 rings (SSSR count). The monoisotopic (exact) mass is 612 g/mol. The summed E-state index contributed by atoms with van der Waals surface area (Å²) in [5, 5.41) is 3.96. The Hall–Kier alpha value is -6.12. The van der Waals surface area contributed by atoms with E-state index in [1.807, 2.05) is 0 Å². The summed E-state index contributed by atoms with van der Waals surface area (Å²) in [6.07, 6.45) is 1.05. The minimum absolute atomic E-state index is 0.331. The predicted molar refractivity (Wildman–Crippen MR) is 200 cm³/mol. The van der Waals surface area contributed by atoms with E-state index in [1.54, 1.807) is 0 Å². The third-order valence-electron chi connectivity index (χ3n) is 10.3. The van der Waals surface area contributed by atoms with Crippen LogP contribution in [-0.2, 0) is 6.42 Å². The van der Waals surface area contributed by atoms with Crippen molar-refractivity contribution in [3.8, 4) is 33.6 Å². The van der Waals surface area contributed by atoms with E-state index >= 15 is 0 Å². The van der Waals surface area contributed by atoms with Crippen LogP contribution in [0.1, 0.15) is 22.7 Å². The first kappa shape index (κ1) is 27.0. The van der Waals surface area contributed by atoms with Crippen molar-refractivity contribution in [2.75, 3.05) is 0 Å². The van der Waals surface area contributed by atoms with Gasteiger partial charge in [-0.2, -0.15) is 0 Å². The number of rotatable bonds is 5. The molecule has 0 N–H and O–H groups in total. The zero-order valence-electron chi connectivity index (χ0n) is 26.4. The van der Waals surface area contributed by atoms with Gasteiger partial charge in [-0.15, -0.1) is 0 Å². The zero-order valence-corrected chi connectivity index (χ0v) is 26.4. The summed E-state index contributed by atoms with van der Waals surface area (Å²) >= 11 is 0. The summed E-state index contributed by atoms with van der Waals surface area (Å²) in [6, 6.07) is 64.2. The van der Waals surface area contributed by atoms with Gasteiger partial charge < -0.3 is 9.13 Å². The van der Waals surface area contributed by atoms with Crippen molar-refractivity contribution in [2.24, 2.45) is 0 Å². The maximum Gasteiger partial charge on any atom is 0.0541 e. The van der Waals surface area contributed by atoms with Crippen molar-refractivity contribution in [3.05, 3.63) is 193 Å². The molecule has 2 nitrogen and oxygen atoms in total. The SMILES string of the molecule is c1ccc(-c2ccc(-n3c4c(c5ccccc53)C[C@H]4c3ccc4c(c3)c3ccccc3n4-c3ccc(-c4ccccc4)cc3)cc2)cc1. The average molecular weight is 613 g/mol. The van der Waals surface area contributed by atoms with Crippen LogP contribution in [0.3, 0.4) is 0 Å². The second kappa shape index (κ2) is 10.7. The first-order chi connectivity index (χ1) is 23.8. The molecule has 0 fully saturated rings. The van der Waals surface area contributed by atoms with Crippen LogP contribution in [0.25, 0.3) is 66.3 Å². The van der Waals surface area contributed by atoms with Crippen molar-refractivity contribution < 1.29 is 0 Å². The molecule has 2 heteroatoms. The van der Waals surface area contributed by atoms with Gasteiger partial charge in [-0.3, -0.25) is 0 Å². The number of para-hydroxylation sites is 2. The fraction of sp³-hybridized carbons (Fsp3) is 0.0435. The van der Waals surface area contributed by atoms with Gasteiger partial charge in [-0.1, -0.05) is 127 Å². The molecule has 0 spiro atoms. The molecule has 7 aromatic carbocycles. The van der Waals surface area contributed by atoms with Gasteiger partial charge >= 0.3 is 0 Å². The Balaban J connectivity index is 1.08. The third-order valence-corrected chi connectivity index (χ3v) is 10.3. The van der Waals surface area contributed by atoms with E-state index in [-0.39, 0.29) is 0 Å². The van der Waals surface area contributed by atoms with Crippen molar-refractivity contribution in [3.63, 3.8) is 0 Å². The van der Waals surface area contributed by atoms with Gasteiger partial charge in [0.1, 0.15) is 0 Å². The van der Waals surface area contributed by atoms with Gasteiger partial charge in [-0.05, 0) is 88.3 Å². The Kier molecular flexibility index (Phi) is 6.04. The molecule has 2 heterocycles. The topological polar surface area (TPSA) is 9.86 Å². The lowest BCUT2D eigenvalue weighted by Gasteiger charge is -2.30. The number of fused-ring (bicyclic) bond motifs is 6. The van der Waals surface area contributed by atoms with Crippen LogP contribution in [0.15, 0.2) is 176 Å². The van der Waals surface area contributed by atoms with Gasteiger partial charge in [0.2, 0.25) is 0 Å². The largest absolute Gasteiger partial charge is 0.313 e. The highest BCUT2D eigenvalue weighted by atomic mass is 15.0. The van der Waals surface area contributed by atoms with Crippen molar-refractivity contribution in [2.45, 2.75) is 12.3 Å². The van der Waals surface area contributed by atoms with E-state index in [0.717, 1.165) is 6.42 Å². The molecule has 0 saturated heterocycles. The predicted octanol–water partition coefficient (Wildman–Crippen LogP) is 11.7. The second-order valence-corrected chi connectivity index (χ2v) is 12.9. The summed E-state index contributed by atoms with van der Waals surface area (Å²) in [6.45, 7) is 0. The molecule has 0 amide bonds. The Bertz CT molecular complexity index is 2610. The molecule has 1 atom stereocenters. The first-order valence-electron chi connectivity index (χ1n) is 16.8. The van der Waals surface area contributed by atoms with E-state index in [2.05, 4.69) is 185 Å². The van der Waals surface area contributed by atoms with Crippen molar-refractivity contribution >= 4 is 32.7 Å². The summed E-state index contributed by atoms with van der Waals surface area (Å²) < 4.78 is 4.93. The normalized spacial score (nSPS) is 14.0. The standard InChI is InChI=1S/C46H32N2/c1-3-11-31(12-4-1)33-19-24-36(25-20-33)47-43-17-9-7-15-38(43)41-29-35(23-28-45(41)47)40-30-42-39-16-8-10-18-44(39)48(46(40)42)37-26-21-34(22-27-37)32-13-5-2-6-14-32/h1-29,40H,30H2/t40-/m0/s1. The molecule has 0 saturated carbocycles. The number of hydrogen-bond donors (Lipinski definition) is 0. The van der Waals surface area contributed by atoms with Crippen LogP contribution in [0.4, 0.5) is 0 Å². The van der Waals surface area contributed by atoms with Gasteiger partial charge in [0.05, 0.1) is 16.6 Å². The third kappa shape index (κ3) is 4.13. The number of aromatic nitrogens is 2. The number of nitrogens with zero attached hydrogens (tertiary/aromatic N) is 2. The summed E-state index contributed by atoms with van der Waals surface area (Å²) in [5.74, 6) is 0.331. The van der Waals surface area contributed by atoms with Gasteiger partial charge in [0, 0.05) is 39.1 Å². The molecular weight excluding hydrogens is 581 g/mol. The fourth-order valence-corrected chi connectivity index (χ4v) is 7.98. The average Bonchev–Trinajstić information content (AvgIpc) is 3.61. The minimum Gasteiger partial charge on any atom is -0.313 e. The molecule has 0 bridgehead atoms. The molecule has 1 aliphatic carbocycles. The first-order valence-corrected chi connectivity index (χ1v) is 16.8. The maximum absolute atomic E-state index is 2.51. The van der Waals surface area contributed by atoms with Crippen LogP contribution in [0, 0.1) is 0 Å². The van der Waals surface area contributed by atoms with E-state index < -0.39 is 0 Å². The molecule has 9 aromatic rings. The Morgan fingerprint density at radius 2 is 0.854 bits per heavy atom. The van der Waals surface area contributed by atoms with E-state index in [0.29, 0.717) is 5.92 Å². The van der Waals surface area contributed by atoms with E-state index in [1.165, 1.54) is 83.2 Å². The fourth-order valence-electron chi connectivity index (χ4n) is 7.98. The Morgan fingerprint density at radius 1 is 0.375 bits per heavy atom. The van der Waals surface area contributed by atoms with Crippen molar-refractivity contribution in [1.29, 1.82) is 0 Å². The van der Waals surface area contributed by atoms with Crippen LogP contribution in [0.5, 0.6) is 0 Å². The molecule has 48 heavy (non-hydrogen) atoms. The molecule has 1 aliphatic rings. The molecule has 0 unspecified atom stereocenters. The summed E-state index contributed by atoms with van der Waals surface area (Å²) in [7, 11) is 0. The molecule has 2 aromatic heterocycles. The highest BCUT2D eigenvalue weighted by Gasteiger charge is 2.35. The lowest BCUT2D eigenvalue weighted by atomic mass is 9.77. The molecule has 0 radical (unpaired) electrons. The smallest absolute Gasteiger partial charge is 0.0541 e. The number of hydrogen-bond acceptors (Lipinski definition) is 0. The Labute approximate surface area is 279 Å². The highest BCUT2D eigenvalue weighted by molar-refractivity contribution is 6.09. The van der Waals surface area contributed by atoms with Gasteiger partial charge in [0.15, 0.2) is 0 Å². The van der Waals surface area contributed by atoms with Crippen LogP contribution in [0.2, 0.25) is 0 Å². The van der Waals surface area contributed by atoms with Crippen LogP contribution >= 0.6 is 0 Å². The van der Waals surface area contributed by atoms with E-state index in [4.69, 9.17) is 0 Å². The van der Waals surface area contributed by atoms with Crippen molar-refractivity contribution in [1.82, 2.24) is 9.13 Å². The summed E-state index contributed by atoms with van der Waals surface area (Å²) in [4.78, 5) is 0. The zero-order chi connectivity index (χ0) is 31.6. The maximum atomic E-state index is 2.51. The number of benzene rings is 7. The van der Waals surface area contributed by atoms with Crippen LogP contribution in [-0.4, -0.2) is 9.13 Å². The van der Waals surface area contributed by atoms with Gasteiger partial charge in [-0.25, -0.2) is 0 Å². The van der Waals surface area contributed by atoms with Gasteiger partial charge in [0.25, 0.3) is 0 Å². The molecular formula is C46H32N2. The second-order valence-electron chi connectivity index (χ2n) is 12.9. The lowest BCUT2D eigenvalue weighted by Crippen LogP contribution is -2.21. The quantitative estimate of drug-likeness (QED) is 0.183. The lowest BCUT2D eigenvalue weighted by molar-refractivity contribution is 0.670. The molecule has 226 valence electrons. The van der Waals surface area contributed by atoms with E-state index in [9.17, 15) is 0 Å². The molecule has 0 aliphatic heterocycles. The Morgan fingerprint density at radius 3 is 1.48 bits per heavy atom.